The van der Waals surface area contributed by atoms with E-state index in [9.17, 15) is 4.79 Å². The number of ether oxygens (including phenoxy) is 2. The van der Waals surface area contributed by atoms with E-state index in [1.807, 2.05) is 24.1 Å². The first-order valence-electron chi connectivity index (χ1n) is 8.40. The molecule has 0 radical (unpaired) electrons. The van der Waals surface area contributed by atoms with Gasteiger partial charge in [0, 0.05) is 17.6 Å². The SMILES string of the molecule is CC1CCCCC1N(C)C(=O)Cc1cc2c(cc1Br)OCCO2. The average molecular weight is 382 g/mol. The predicted octanol–water partition coefficient (Wildman–Crippen LogP) is 3.80. The Morgan fingerprint density at radius 1 is 1.22 bits per heavy atom. The van der Waals surface area contributed by atoms with Crippen molar-refractivity contribution in [2.45, 2.75) is 45.1 Å². The second-order valence-corrected chi connectivity index (χ2v) is 7.45. The molecule has 1 aliphatic heterocycles. The van der Waals surface area contributed by atoms with Gasteiger partial charge in [-0.05, 0) is 36.5 Å². The zero-order chi connectivity index (χ0) is 16.4. The molecule has 2 aliphatic rings. The van der Waals surface area contributed by atoms with E-state index in [2.05, 4.69) is 22.9 Å². The number of rotatable bonds is 3. The molecule has 0 spiro atoms. The number of likely N-dealkylation sites (N-methyl/N-ethyl adjacent to an activating group) is 1. The van der Waals surface area contributed by atoms with Crippen LogP contribution in [0.5, 0.6) is 11.5 Å². The largest absolute Gasteiger partial charge is 0.486 e. The molecular weight excluding hydrogens is 358 g/mol. The summed E-state index contributed by atoms with van der Waals surface area (Å²) >= 11 is 3.55. The molecule has 126 valence electrons. The van der Waals surface area contributed by atoms with Crippen LogP contribution in [0.1, 0.15) is 38.2 Å². The highest BCUT2D eigenvalue weighted by atomic mass is 79.9. The van der Waals surface area contributed by atoms with Gasteiger partial charge in [0.05, 0.1) is 6.42 Å². The molecule has 1 saturated carbocycles. The second kappa shape index (κ2) is 7.12. The van der Waals surface area contributed by atoms with E-state index in [0.29, 0.717) is 31.6 Å². The van der Waals surface area contributed by atoms with Crippen LogP contribution in [-0.4, -0.2) is 37.1 Å². The molecule has 1 amide bonds. The van der Waals surface area contributed by atoms with Crippen molar-refractivity contribution in [3.63, 3.8) is 0 Å². The Bertz CT molecular complexity index is 590. The maximum absolute atomic E-state index is 12.7. The third kappa shape index (κ3) is 3.65. The maximum atomic E-state index is 12.7. The van der Waals surface area contributed by atoms with Crippen molar-refractivity contribution in [3.8, 4) is 11.5 Å². The van der Waals surface area contributed by atoms with Crippen LogP contribution in [0.15, 0.2) is 16.6 Å². The van der Waals surface area contributed by atoms with Crippen molar-refractivity contribution in [2.24, 2.45) is 5.92 Å². The zero-order valence-corrected chi connectivity index (χ0v) is 15.4. The van der Waals surface area contributed by atoms with E-state index >= 15 is 0 Å². The number of benzene rings is 1. The number of fused-ring (bicyclic) bond motifs is 1. The van der Waals surface area contributed by atoms with Gasteiger partial charge in [-0.2, -0.15) is 0 Å². The highest BCUT2D eigenvalue weighted by Gasteiger charge is 2.28. The minimum Gasteiger partial charge on any atom is -0.486 e. The first kappa shape index (κ1) is 16.6. The van der Waals surface area contributed by atoms with Crippen molar-refractivity contribution < 1.29 is 14.3 Å². The lowest BCUT2D eigenvalue weighted by molar-refractivity contribution is -0.132. The Morgan fingerprint density at radius 3 is 2.57 bits per heavy atom. The second-order valence-electron chi connectivity index (χ2n) is 6.60. The summed E-state index contributed by atoms with van der Waals surface area (Å²) in [4.78, 5) is 14.7. The van der Waals surface area contributed by atoms with E-state index in [-0.39, 0.29) is 5.91 Å². The number of amides is 1. The minimum absolute atomic E-state index is 0.168. The molecular formula is C18H24BrNO3. The van der Waals surface area contributed by atoms with Gasteiger partial charge in [-0.25, -0.2) is 0 Å². The smallest absolute Gasteiger partial charge is 0.227 e. The average Bonchev–Trinajstić information content (AvgIpc) is 2.55. The predicted molar refractivity (Wildman–Crippen MR) is 93.0 cm³/mol. The molecule has 4 nitrogen and oxygen atoms in total. The summed E-state index contributed by atoms with van der Waals surface area (Å²) in [6, 6.07) is 4.20. The molecule has 23 heavy (non-hydrogen) atoms. The summed E-state index contributed by atoms with van der Waals surface area (Å²) in [5, 5.41) is 0. The van der Waals surface area contributed by atoms with Crippen LogP contribution in [0.25, 0.3) is 0 Å². The molecule has 1 aromatic rings. The summed E-state index contributed by atoms with van der Waals surface area (Å²) < 4.78 is 12.1. The van der Waals surface area contributed by atoms with Gasteiger partial charge >= 0.3 is 0 Å². The van der Waals surface area contributed by atoms with Crippen LogP contribution in [0.3, 0.4) is 0 Å². The van der Waals surface area contributed by atoms with Gasteiger partial charge < -0.3 is 14.4 Å². The van der Waals surface area contributed by atoms with Crippen LogP contribution in [0, 0.1) is 5.92 Å². The summed E-state index contributed by atoms with van der Waals surface area (Å²) in [6.45, 7) is 3.38. The van der Waals surface area contributed by atoms with E-state index < -0.39 is 0 Å². The quantitative estimate of drug-likeness (QED) is 0.798. The number of halogens is 1. The van der Waals surface area contributed by atoms with Gasteiger partial charge in [0.15, 0.2) is 11.5 Å². The van der Waals surface area contributed by atoms with E-state index in [4.69, 9.17) is 9.47 Å². The highest BCUT2D eigenvalue weighted by molar-refractivity contribution is 9.10. The number of carbonyl (C=O) groups excluding carboxylic acids is 1. The van der Waals surface area contributed by atoms with Gasteiger partial charge in [-0.1, -0.05) is 35.7 Å². The Balaban J connectivity index is 1.72. The van der Waals surface area contributed by atoms with Crippen molar-refractivity contribution in [1.29, 1.82) is 0 Å². The van der Waals surface area contributed by atoms with Crippen LogP contribution in [0.4, 0.5) is 0 Å². The summed E-state index contributed by atoms with van der Waals surface area (Å²) in [5.41, 5.74) is 0.953. The van der Waals surface area contributed by atoms with Crippen LogP contribution in [-0.2, 0) is 11.2 Å². The molecule has 5 heteroatoms. The molecule has 2 atom stereocenters. The Labute approximate surface area is 146 Å². The van der Waals surface area contributed by atoms with Crippen LogP contribution >= 0.6 is 15.9 Å². The lowest BCUT2D eigenvalue weighted by Crippen LogP contribution is -2.43. The number of hydrogen-bond acceptors (Lipinski definition) is 3. The molecule has 1 fully saturated rings. The standard InChI is InChI=1S/C18H24BrNO3/c1-12-5-3-4-6-15(12)20(2)18(21)10-13-9-16-17(11-14(13)19)23-8-7-22-16/h9,11-12,15H,3-8,10H2,1-2H3. The molecule has 0 N–H and O–H groups in total. The molecule has 0 aromatic heterocycles. The fraction of sp³-hybridized carbons (Fsp3) is 0.611. The summed E-state index contributed by atoms with van der Waals surface area (Å²) in [5.74, 6) is 2.23. The van der Waals surface area contributed by atoms with E-state index in [1.165, 1.54) is 19.3 Å². The summed E-state index contributed by atoms with van der Waals surface area (Å²) in [7, 11) is 1.95. The van der Waals surface area contributed by atoms with Crippen molar-refractivity contribution in [2.75, 3.05) is 20.3 Å². The molecule has 0 bridgehead atoms. The first-order chi connectivity index (χ1) is 11.1. The topological polar surface area (TPSA) is 38.8 Å². The van der Waals surface area contributed by atoms with Crippen molar-refractivity contribution in [1.82, 2.24) is 4.90 Å². The fourth-order valence-electron chi connectivity index (χ4n) is 3.59. The van der Waals surface area contributed by atoms with Gasteiger partial charge in [-0.15, -0.1) is 0 Å². The summed E-state index contributed by atoms with van der Waals surface area (Å²) in [6.07, 6.45) is 5.23. The molecule has 2 unspecified atom stereocenters. The van der Waals surface area contributed by atoms with E-state index in [1.54, 1.807) is 0 Å². The lowest BCUT2D eigenvalue weighted by atomic mass is 9.85. The highest BCUT2D eigenvalue weighted by Crippen LogP contribution is 2.36. The molecule has 1 aromatic carbocycles. The molecule has 1 heterocycles. The maximum Gasteiger partial charge on any atom is 0.227 e. The number of nitrogens with zero attached hydrogens (tertiary/aromatic N) is 1. The number of hydrogen-bond donors (Lipinski definition) is 0. The Kier molecular flexibility index (Phi) is 5.14. The molecule has 3 rings (SSSR count). The van der Waals surface area contributed by atoms with Gasteiger partial charge in [0.2, 0.25) is 5.91 Å². The van der Waals surface area contributed by atoms with Crippen molar-refractivity contribution >= 4 is 21.8 Å². The van der Waals surface area contributed by atoms with Gasteiger partial charge in [0.25, 0.3) is 0 Å². The molecule has 0 saturated heterocycles. The van der Waals surface area contributed by atoms with Crippen LogP contribution < -0.4 is 9.47 Å². The third-order valence-corrected chi connectivity index (χ3v) is 5.75. The monoisotopic (exact) mass is 381 g/mol. The first-order valence-corrected chi connectivity index (χ1v) is 9.19. The van der Waals surface area contributed by atoms with E-state index in [0.717, 1.165) is 28.0 Å². The minimum atomic E-state index is 0.168. The Morgan fingerprint density at radius 2 is 1.87 bits per heavy atom. The Hall–Kier alpha value is -1.23. The van der Waals surface area contributed by atoms with Gasteiger partial charge in [0.1, 0.15) is 13.2 Å². The normalized spacial score (nSPS) is 23.4. The lowest BCUT2D eigenvalue weighted by Gasteiger charge is -2.36. The third-order valence-electron chi connectivity index (χ3n) is 5.01. The zero-order valence-electron chi connectivity index (χ0n) is 13.8. The number of carbonyl (C=O) groups is 1. The van der Waals surface area contributed by atoms with Crippen LogP contribution in [0.2, 0.25) is 0 Å². The fourth-order valence-corrected chi connectivity index (χ4v) is 4.05. The van der Waals surface area contributed by atoms with Gasteiger partial charge in [-0.3, -0.25) is 4.79 Å². The molecule has 1 aliphatic carbocycles. The van der Waals surface area contributed by atoms with Crippen molar-refractivity contribution in [3.05, 3.63) is 22.2 Å².